The molecule has 1 amide bonds. The van der Waals surface area contributed by atoms with Gasteiger partial charge in [-0.1, -0.05) is 11.2 Å². The van der Waals surface area contributed by atoms with Gasteiger partial charge in [-0.15, -0.1) is 0 Å². The number of rotatable bonds is 9. The molecule has 0 spiro atoms. The van der Waals surface area contributed by atoms with Crippen molar-refractivity contribution in [1.29, 1.82) is 0 Å². The smallest absolute Gasteiger partial charge is 0.341 e. The third-order valence-corrected chi connectivity index (χ3v) is 3.70. The van der Waals surface area contributed by atoms with Crippen LogP contribution in [0.25, 0.3) is 0 Å². The molecule has 132 valence electrons. The molecule has 0 aliphatic heterocycles. The highest BCUT2D eigenvalue weighted by Crippen LogP contribution is 2.38. The molecule has 0 saturated heterocycles. The number of hydrogen-bond donors (Lipinski definition) is 2. The number of anilines is 1. The molecule has 0 unspecified atom stereocenters. The minimum atomic E-state index is -1.06. The molecule has 1 saturated carbocycles. The number of ether oxygens (including phenoxy) is 1. The van der Waals surface area contributed by atoms with Crippen molar-refractivity contribution >= 4 is 17.6 Å². The second-order valence-electron chi connectivity index (χ2n) is 5.93. The Balaban J connectivity index is 1.42. The van der Waals surface area contributed by atoms with Crippen molar-refractivity contribution in [2.24, 2.45) is 0 Å². The topological polar surface area (TPSA) is 115 Å². The third-order valence-electron chi connectivity index (χ3n) is 3.70. The maximum atomic E-state index is 12.0. The molecule has 1 aromatic carbocycles. The molecule has 1 aliphatic carbocycles. The minimum absolute atomic E-state index is 0.141. The van der Waals surface area contributed by atoms with Gasteiger partial charge in [-0.05, 0) is 31.4 Å². The molecule has 8 heteroatoms. The Kier molecular flexibility index (Phi) is 5.27. The van der Waals surface area contributed by atoms with E-state index in [2.05, 4.69) is 15.5 Å². The van der Waals surface area contributed by atoms with Gasteiger partial charge in [0, 0.05) is 30.5 Å². The molecule has 3 rings (SSSR count). The number of aliphatic carboxylic acids is 1. The SMILES string of the molecule is O=C(O)COc1cccc(NC(=O)CCCc2nc(C3CC3)no2)c1. The van der Waals surface area contributed by atoms with Crippen molar-refractivity contribution in [1.82, 2.24) is 10.1 Å². The second-order valence-corrected chi connectivity index (χ2v) is 5.93. The van der Waals surface area contributed by atoms with E-state index in [4.69, 9.17) is 14.4 Å². The molecule has 25 heavy (non-hydrogen) atoms. The van der Waals surface area contributed by atoms with E-state index in [1.165, 1.54) is 0 Å². The molecule has 1 heterocycles. The van der Waals surface area contributed by atoms with Gasteiger partial charge in [-0.2, -0.15) is 4.98 Å². The molecular formula is C17H19N3O5. The molecule has 2 aromatic rings. The number of hydrogen-bond acceptors (Lipinski definition) is 6. The van der Waals surface area contributed by atoms with Crippen LogP contribution in [0.4, 0.5) is 5.69 Å². The second kappa shape index (κ2) is 7.78. The van der Waals surface area contributed by atoms with E-state index >= 15 is 0 Å². The predicted octanol–water partition coefficient (Wildman–Crippen LogP) is 2.37. The van der Waals surface area contributed by atoms with Gasteiger partial charge in [0.25, 0.3) is 0 Å². The highest BCUT2D eigenvalue weighted by atomic mass is 16.5. The maximum absolute atomic E-state index is 12.0. The zero-order valence-corrected chi connectivity index (χ0v) is 13.6. The average Bonchev–Trinajstić information content (AvgIpc) is 3.33. The molecule has 8 nitrogen and oxygen atoms in total. The van der Waals surface area contributed by atoms with Gasteiger partial charge in [0.05, 0.1) is 0 Å². The highest BCUT2D eigenvalue weighted by Gasteiger charge is 2.28. The number of amides is 1. The van der Waals surface area contributed by atoms with Crippen LogP contribution in [0.3, 0.4) is 0 Å². The Hall–Kier alpha value is -2.90. The summed E-state index contributed by atoms with van der Waals surface area (Å²) in [6.07, 6.45) is 3.73. The Labute approximate surface area is 144 Å². The lowest BCUT2D eigenvalue weighted by molar-refractivity contribution is -0.139. The molecule has 1 fully saturated rings. The first-order valence-electron chi connectivity index (χ1n) is 8.17. The molecule has 0 atom stereocenters. The molecule has 1 aromatic heterocycles. The number of benzene rings is 1. The van der Waals surface area contributed by atoms with Crippen LogP contribution in [0.5, 0.6) is 5.75 Å². The number of carboxylic acids is 1. The van der Waals surface area contributed by atoms with E-state index < -0.39 is 12.6 Å². The first-order chi connectivity index (χ1) is 12.1. The number of nitrogens with zero attached hydrogens (tertiary/aromatic N) is 2. The summed E-state index contributed by atoms with van der Waals surface area (Å²) in [4.78, 5) is 26.8. The first kappa shape index (κ1) is 16.9. The fourth-order valence-corrected chi connectivity index (χ4v) is 2.31. The van der Waals surface area contributed by atoms with Crippen LogP contribution in [0.1, 0.15) is 43.3 Å². The fourth-order valence-electron chi connectivity index (χ4n) is 2.31. The monoisotopic (exact) mass is 345 g/mol. The van der Waals surface area contributed by atoms with Crippen molar-refractivity contribution in [2.45, 2.75) is 38.0 Å². The van der Waals surface area contributed by atoms with Gasteiger partial charge in [-0.3, -0.25) is 4.79 Å². The quantitative estimate of drug-likeness (QED) is 0.717. The van der Waals surface area contributed by atoms with E-state index in [1.54, 1.807) is 24.3 Å². The molecule has 0 bridgehead atoms. The Morgan fingerprint density at radius 3 is 2.96 bits per heavy atom. The number of carboxylic acid groups (broad SMARTS) is 1. The summed E-state index contributed by atoms with van der Waals surface area (Å²) in [5.74, 6) is 0.990. The summed E-state index contributed by atoms with van der Waals surface area (Å²) in [7, 11) is 0. The van der Waals surface area contributed by atoms with Crippen LogP contribution < -0.4 is 10.1 Å². The number of carbonyl (C=O) groups excluding carboxylic acids is 1. The van der Waals surface area contributed by atoms with Crippen LogP contribution >= 0.6 is 0 Å². The van der Waals surface area contributed by atoms with Crippen molar-refractivity contribution in [3.05, 3.63) is 36.0 Å². The summed E-state index contributed by atoms with van der Waals surface area (Å²) in [5, 5.41) is 15.3. The van der Waals surface area contributed by atoms with Crippen LogP contribution in [0.15, 0.2) is 28.8 Å². The zero-order chi connectivity index (χ0) is 17.6. The lowest BCUT2D eigenvalue weighted by Gasteiger charge is -2.07. The molecule has 2 N–H and O–H groups in total. The van der Waals surface area contributed by atoms with E-state index in [0.29, 0.717) is 42.5 Å². The van der Waals surface area contributed by atoms with Crippen molar-refractivity contribution < 1.29 is 24.0 Å². The van der Waals surface area contributed by atoms with Gasteiger partial charge in [0.15, 0.2) is 12.4 Å². The summed E-state index contributed by atoms with van der Waals surface area (Å²) < 4.78 is 10.2. The average molecular weight is 345 g/mol. The fraction of sp³-hybridized carbons (Fsp3) is 0.412. The summed E-state index contributed by atoms with van der Waals surface area (Å²) in [6.45, 7) is -0.426. The van der Waals surface area contributed by atoms with E-state index in [1.807, 2.05) is 0 Å². The van der Waals surface area contributed by atoms with Crippen LogP contribution in [0.2, 0.25) is 0 Å². The Morgan fingerprint density at radius 2 is 2.20 bits per heavy atom. The van der Waals surface area contributed by atoms with Crippen LogP contribution in [0, 0.1) is 0 Å². The minimum Gasteiger partial charge on any atom is -0.482 e. The number of aromatic nitrogens is 2. The van der Waals surface area contributed by atoms with Gasteiger partial charge < -0.3 is 19.7 Å². The lowest BCUT2D eigenvalue weighted by Crippen LogP contribution is -2.12. The lowest BCUT2D eigenvalue weighted by atomic mass is 10.2. The number of nitrogens with one attached hydrogen (secondary N) is 1. The first-order valence-corrected chi connectivity index (χ1v) is 8.17. The van der Waals surface area contributed by atoms with E-state index in [-0.39, 0.29) is 5.91 Å². The van der Waals surface area contributed by atoms with Crippen molar-refractivity contribution in [2.75, 3.05) is 11.9 Å². The van der Waals surface area contributed by atoms with Gasteiger partial charge in [0.1, 0.15) is 5.75 Å². The summed E-state index contributed by atoms with van der Waals surface area (Å²) in [5.41, 5.74) is 0.557. The summed E-state index contributed by atoms with van der Waals surface area (Å²) >= 11 is 0. The molecule has 1 aliphatic rings. The van der Waals surface area contributed by atoms with Crippen LogP contribution in [-0.4, -0.2) is 33.7 Å². The van der Waals surface area contributed by atoms with Crippen molar-refractivity contribution in [3.8, 4) is 5.75 Å². The van der Waals surface area contributed by atoms with E-state index in [9.17, 15) is 9.59 Å². The van der Waals surface area contributed by atoms with Gasteiger partial charge in [-0.25, -0.2) is 4.79 Å². The normalized spacial score (nSPS) is 13.4. The standard InChI is InChI=1S/C17H19N3O5/c21-14(5-2-6-15-19-17(20-25-15)11-7-8-11)18-12-3-1-4-13(9-12)24-10-16(22)23/h1,3-4,9,11H,2,5-8,10H2,(H,18,21)(H,22,23). The van der Waals surface area contributed by atoms with Gasteiger partial charge >= 0.3 is 5.97 Å². The Bertz CT molecular complexity index is 754. The number of aryl methyl sites for hydroxylation is 1. The molecular weight excluding hydrogens is 326 g/mol. The number of carbonyl (C=O) groups is 2. The zero-order valence-electron chi connectivity index (χ0n) is 13.6. The Morgan fingerprint density at radius 1 is 1.36 bits per heavy atom. The van der Waals surface area contributed by atoms with Gasteiger partial charge in [0.2, 0.25) is 11.8 Å². The molecule has 0 radical (unpaired) electrons. The van der Waals surface area contributed by atoms with Crippen LogP contribution in [-0.2, 0) is 16.0 Å². The summed E-state index contributed by atoms with van der Waals surface area (Å²) in [6, 6.07) is 6.61. The van der Waals surface area contributed by atoms with E-state index in [0.717, 1.165) is 18.7 Å². The largest absolute Gasteiger partial charge is 0.482 e. The maximum Gasteiger partial charge on any atom is 0.341 e. The van der Waals surface area contributed by atoms with Crippen molar-refractivity contribution in [3.63, 3.8) is 0 Å². The predicted molar refractivity (Wildman–Crippen MR) is 87.4 cm³/mol. The third kappa shape index (κ3) is 5.30. The highest BCUT2D eigenvalue weighted by molar-refractivity contribution is 5.90.